The lowest BCUT2D eigenvalue weighted by molar-refractivity contribution is 0.0940. The molecule has 0 unspecified atom stereocenters. The van der Waals surface area contributed by atoms with Gasteiger partial charge < -0.3 is 4.74 Å². The van der Waals surface area contributed by atoms with Crippen molar-refractivity contribution in [3.8, 4) is 0 Å². The third kappa shape index (κ3) is 4.57. The summed E-state index contributed by atoms with van der Waals surface area (Å²) in [5.41, 5.74) is 3.28. The van der Waals surface area contributed by atoms with Crippen molar-refractivity contribution >= 4 is 29.5 Å². The standard InChI is InChI=1S/C14H18ClFN2O2S/c1-2-9-7-11(13(16)12(15)8-9)14(19)17-18-21-10-3-5-20-6-4-10/h7-8,10,18H,2-6H2,1H3,(H,17,19). The maximum absolute atomic E-state index is 13.9. The maximum Gasteiger partial charge on any atom is 0.269 e. The van der Waals surface area contributed by atoms with Crippen LogP contribution in [0.2, 0.25) is 5.02 Å². The predicted molar refractivity (Wildman–Crippen MR) is 82.8 cm³/mol. The Kier molecular flexibility index (Phi) is 6.29. The second kappa shape index (κ2) is 7.98. The van der Waals surface area contributed by atoms with Gasteiger partial charge in [-0.15, -0.1) is 0 Å². The van der Waals surface area contributed by atoms with Crippen LogP contribution in [0, 0.1) is 5.82 Å². The van der Waals surface area contributed by atoms with E-state index in [4.69, 9.17) is 16.3 Å². The number of aryl methyl sites for hydroxylation is 1. The van der Waals surface area contributed by atoms with Gasteiger partial charge in [0.05, 0.1) is 10.6 Å². The third-order valence-corrected chi connectivity index (χ3v) is 4.60. The van der Waals surface area contributed by atoms with E-state index in [9.17, 15) is 9.18 Å². The molecule has 0 spiro atoms. The second-order valence-electron chi connectivity index (χ2n) is 4.78. The highest BCUT2D eigenvalue weighted by atomic mass is 35.5. The molecule has 0 atom stereocenters. The molecule has 1 fully saturated rings. The number of hydrogen-bond donors (Lipinski definition) is 2. The van der Waals surface area contributed by atoms with Crippen LogP contribution < -0.4 is 10.3 Å². The molecule has 1 aliphatic heterocycles. The van der Waals surface area contributed by atoms with Crippen molar-refractivity contribution in [3.05, 3.63) is 34.1 Å². The fourth-order valence-corrected chi connectivity index (χ4v) is 3.02. The van der Waals surface area contributed by atoms with Gasteiger partial charge in [-0.25, -0.2) is 4.39 Å². The van der Waals surface area contributed by atoms with Gasteiger partial charge in [-0.2, -0.15) is 4.83 Å². The highest BCUT2D eigenvalue weighted by molar-refractivity contribution is 7.98. The van der Waals surface area contributed by atoms with E-state index in [1.807, 2.05) is 6.92 Å². The van der Waals surface area contributed by atoms with E-state index >= 15 is 0 Å². The molecular weight excluding hydrogens is 315 g/mol. The van der Waals surface area contributed by atoms with E-state index in [0.717, 1.165) is 31.6 Å². The zero-order valence-electron chi connectivity index (χ0n) is 11.7. The lowest BCUT2D eigenvalue weighted by atomic mass is 10.1. The Balaban J connectivity index is 1.92. The fraction of sp³-hybridized carbons (Fsp3) is 0.500. The van der Waals surface area contributed by atoms with Crippen molar-refractivity contribution in [2.75, 3.05) is 13.2 Å². The number of hydrazine groups is 1. The number of halogens is 2. The van der Waals surface area contributed by atoms with E-state index in [1.165, 1.54) is 24.1 Å². The molecule has 1 aliphatic rings. The lowest BCUT2D eigenvalue weighted by Gasteiger charge is -2.21. The Morgan fingerprint density at radius 3 is 2.86 bits per heavy atom. The molecule has 1 aromatic rings. The number of hydrogen-bond acceptors (Lipinski definition) is 4. The highest BCUT2D eigenvalue weighted by Crippen LogP contribution is 2.22. The van der Waals surface area contributed by atoms with Crippen LogP contribution in [0.5, 0.6) is 0 Å². The first-order valence-electron chi connectivity index (χ1n) is 6.88. The van der Waals surface area contributed by atoms with E-state index in [-0.39, 0.29) is 10.6 Å². The summed E-state index contributed by atoms with van der Waals surface area (Å²) in [6.07, 6.45) is 2.54. The van der Waals surface area contributed by atoms with E-state index in [0.29, 0.717) is 11.7 Å². The summed E-state index contributed by atoms with van der Waals surface area (Å²) in [5, 5.41) is 0.353. The molecule has 1 amide bonds. The molecule has 21 heavy (non-hydrogen) atoms. The topological polar surface area (TPSA) is 50.4 Å². The van der Waals surface area contributed by atoms with Crippen molar-refractivity contribution in [2.24, 2.45) is 0 Å². The van der Waals surface area contributed by atoms with Gasteiger partial charge in [0.25, 0.3) is 5.91 Å². The number of benzene rings is 1. The van der Waals surface area contributed by atoms with Gasteiger partial charge in [0.2, 0.25) is 0 Å². The zero-order valence-corrected chi connectivity index (χ0v) is 13.3. The van der Waals surface area contributed by atoms with Crippen LogP contribution in [0.4, 0.5) is 4.39 Å². The van der Waals surface area contributed by atoms with E-state index in [1.54, 1.807) is 0 Å². The first-order valence-corrected chi connectivity index (χ1v) is 8.14. The number of ether oxygens (including phenoxy) is 1. The molecule has 1 heterocycles. The molecule has 116 valence electrons. The van der Waals surface area contributed by atoms with Crippen LogP contribution in [0.25, 0.3) is 0 Å². The Labute approximate surface area is 132 Å². The van der Waals surface area contributed by atoms with E-state index < -0.39 is 11.7 Å². The largest absolute Gasteiger partial charge is 0.381 e. The van der Waals surface area contributed by atoms with Gasteiger partial charge in [-0.1, -0.05) is 30.5 Å². The molecule has 0 aromatic heterocycles. The summed E-state index contributed by atoms with van der Waals surface area (Å²) in [5.74, 6) is -1.21. The molecule has 2 rings (SSSR count). The van der Waals surface area contributed by atoms with Gasteiger partial charge in [-0.05, 0) is 37.0 Å². The number of carbonyl (C=O) groups is 1. The molecule has 0 aliphatic carbocycles. The van der Waals surface area contributed by atoms with Crippen molar-refractivity contribution in [3.63, 3.8) is 0 Å². The lowest BCUT2D eigenvalue weighted by Crippen LogP contribution is -2.35. The summed E-state index contributed by atoms with van der Waals surface area (Å²) in [6, 6.07) is 3.06. The summed E-state index contributed by atoms with van der Waals surface area (Å²) < 4.78 is 19.2. The second-order valence-corrected chi connectivity index (χ2v) is 6.29. The van der Waals surface area contributed by atoms with Crippen molar-refractivity contribution in [1.29, 1.82) is 0 Å². The third-order valence-electron chi connectivity index (χ3n) is 3.30. The summed E-state index contributed by atoms with van der Waals surface area (Å²) >= 11 is 7.23. The van der Waals surface area contributed by atoms with Gasteiger partial charge in [0.15, 0.2) is 5.82 Å². The summed E-state index contributed by atoms with van der Waals surface area (Å²) in [6.45, 7) is 3.39. The summed E-state index contributed by atoms with van der Waals surface area (Å²) in [4.78, 5) is 14.8. The molecule has 2 N–H and O–H groups in total. The van der Waals surface area contributed by atoms with Gasteiger partial charge in [0.1, 0.15) is 0 Å². The Bertz CT molecular complexity index is 510. The molecule has 1 saturated heterocycles. The predicted octanol–water partition coefficient (Wildman–Crippen LogP) is 3.10. The van der Waals surface area contributed by atoms with Crippen molar-refractivity contribution in [2.45, 2.75) is 31.4 Å². The van der Waals surface area contributed by atoms with Gasteiger partial charge in [0, 0.05) is 18.5 Å². The molecule has 0 saturated carbocycles. The number of rotatable bonds is 5. The average molecular weight is 333 g/mol. The summed E-state index contributed by atoms with van der Waals surface area (Å²) in [7, 11) is 0. The average Bonchev–Trinajstić information content (AvgIpc) is 2.50. The maximum atomic E-state index is 13.9. The van der Waals surface area contributed by atoms with Gasteiger partial charge in [-0.3, -0.25) is 10.2 Å². The first kappa shape index (κ1) is 16.5. The highest BCUT2D eigenvalue weighted by Gasteiger charge is 2.17. The normalized spacial score (nSPS) is 16.0. The molecule has 4 nitrogen and oxygen atoms in total. The molecule has 0 bridgehead atoms. The number of nitrogens with one attached hydrogen (secondary N) is 2. The SMILES string of the molecule is CCc1cc(Cl)c(F)c(C(=O)NNSC2CCOCC2)c1. The number of amides is 1. The minimum Gasteiger partial charge on any atom is -0.381 e. The zero-order chi connectivity index (χ0) is 15.2. The van der Waals surface area contributed by atoms with Crippen molar-refractivity contribution < 1.29 is 13.9 Å². The minimum atomic E-state index is -0.691. The Morgan fingerprint density at radius 1 is 1.48 bits per heavy atom. The Hall–Kier alpha value is -0.820. The Morgan fingerprint density at radius 2 is 2.19 bits per heavy atom. The molecule has 7 heteroatoms. The van der Waals surface area contributed by atoms with Crippen LogP contribution in [-0.2, 0) is 11.2 Å². The molecule has 1 aromatic carbocycles. The molecule has 0 radical (unpaired) electrons. The fourth-order valence-electron chi connectivity index (χ4n) is 2.03. The van der Waals surface area contributed by atoms with Crippen molar-refractivity contribution in [1.82, 2.24) is 10.3 Å². The molecular formula is C14H18ClFN2O2S. The van der Waals surface area contributed by atoms with Crippen LogP contribution in [0.15, 0.2) is 12.1 Å². The first-order chi connectivity index (χ1) is 10.1. The van der Waals surface area contributed by atoms with Crippen LogP contribution >= 0.6 is 23.5 Å². The van der Waals surface area contributed by atoms with Crippen LogP contribution in [-0.4, -0.2) is 24.4 Å². The number of carbonyl (C=O) groups excluding carboxylic acids is 1. The van der Waals surface area contributed by atoms with E-state index in [2.05, 4.69) is 10.3 Å². The van der Waals surface area contributed by atoms with Crippen LogP contribution in [0.1, 0.15) is 35.7 Å². The quantitative estimate of drug-likeness (QED) is 0.642. The van der Waals surface area contributed by atoms with Gasteiger partial charge >= 0.3 is 0 Å². The monoisotopic (exact) mass is 332 g/mol. The van der Waals surface area contributed by atoms with Crippen LogP contribution in [0.3, 0.4) is 0 Å². The smallest absolute Gasteiger partial charge is 0.269 e. The minimum absolute atomic E-state index is 0.0309.